The quantitative estimate of drug-likeness (QED) is 0.135. The van der Waals surface area contributed by atoms with Gasteiger partial charge in [0.25, 0.3) is 0 Å². The van der Waals surface area contributed by atoms with Gasteiger partial charge in [0.05, 0.1) is 39.1 Å². The van der Waals surface area contributed by atoms with Crippen molar-refractivity contribution in [3.63, 3.8) is 0 Å². The Morgan fingerprint density at radius 1 is 0.809 bits per heavy atom. The third-order valence-corrected chi connectivity index (χ3v) is 9.82. The fraction of sp³-hybridized carbons (Fsp3) is 0.316. The second-order valence-electron chi connectivity index (χ2n) is 11.9. The van der Waals surface area contributed by atoms with E-state index in [0.29, 0.717) is 23.3 Å². The lowest BCUT2D eigenvalue weighted by Crippen LogP contribution is -2.44. The number of nitrogens with zero attached hydrogens (tertiary/aromatic N) is 4. The van der Waals surface area contributed by atoms with Gasteiger partial charge in [-0.05, 0) is 95.9 Å². The van der Waals surface area contributed by atoms with Crippen molar-refractivity contribution in [1.29, 1.82) is 0 Å². The lowest BCUT2D eigenvalue weighted by Gasteiger charge is -2.39. The summed E-state index contributed by atoms with van der Waals surface area (Å²) in [5.74, 6) is 2.66. The molecule has 1 fully saturated rings. The summed E-state index contributed by atoms with van der Waals surface area (Å²) in [6.45, 7) is 5.93. The monoisotopic (exact) mass is 650 g/mol. The molecule has 1 aliphatic rings. The zero-order chi connectivity index (χ0) is 32.8. The van der Waals surface area contributed by atoms with Crippen molar-refractivity contribution in [2.24, 2.45) is 0 Å². The summed E-state index contributed by atoms with van der Waals surface area (Å²) in [4.78, 5) is 14.4. The minimum atomic E-state index is 0.430. The van der Waals surface area contributed by atoms with Gasteiger partial charge in [0, 0.05) is 61.9 Å². The Morgan fingerprint density at radius 3 is 2.28 bits per heavy atom. The van der Waals surface area contributed by atoms with Crippen molar-refractivity contribution in [1.82, 2.24) is 14.9 Å². The molecule has 0 amide bonds. The van der Waals surface area contributed by atoms with E-state index in [2.05, 4.69) is 62.4 Å². The van der Waals surface area contributed by atoms with Gasteiger partial charge in [0.2, 0.25) is 5.75 Å². The third kappa shape index (κ3) is 7.53. The normalized spacial score (nSPS) is 13.7. The largest absolute Gasteiger partial charge is 0.497 e. The van der Waals surface area contributed by atoms with Gasteiger partial charge in [-0.2, -0.15) is 0 Å². The molecule has 4 heterocycles. The van der Waals surface area contributed by atoms with Gasteiger partial charge in [-0.15, -0.1) is 11.3 Å². The van der Waals surface area contributed by atoms with Gasteiger partial charge in [0.1, 0.15) is 5.75 Å². The van der Waals surface area contributed by atoms with Crippen molar-refractivity contribution >= 4 is 16.3 Å². The lowest BCUT2D eigenvalue weighted by atomic mass is 10.0. The number of pyridine rings is 2. The summed E-state index contributed by atoms with van der Waals surface area (Å²) in [5, 5.41) is 3.54. The van der Waals surface area contributed by atoms with E-state index in [1.54, 1.807) is 28.4 Å². The zero-order valence-electron chi connectivity index (χ0n) is 27.7. The number of methoxy groups -OCH3 is 4. The number of hydrogen-bond donors (Lipinski definition) is 0. The van der Waals surface area contributed by atoms with Crippen LogP contribution in [0.3, 0.4) is 0 Å². The molecule has 6 rings (SSSR count). The Balaban J connectivity index is 1.17. The SMILES string of the molecule is COc1cccc(-c2cc(CN3CCC(N(Cc4cncc(-c5cc(OC)c(OC)c(OC)c5)c4)c4cc(C)cs4)CC3)ccn2)c1. The maximum Gasteiger partial charge on any atom is 0.203 e. The molecule has 9 heteroatoms. The summed E-state index contributed by atoms with van der Waals surface area (Å²) in [6.07, 6.45) is 7.96. The zero-order valence-corrected chi connectivity index (χ0v) is 28.5. The highest BCUT2D eigenvalue weighted by Gasteiger charge is 2.26. The van der Waals surface area contributed by atoms with Crippen LogP contribution in [-0.2, 0) is 13.1 Å². The first-order valence-corrected chi connectivity index (χ1v) is 16.7. The Kier molecular flexibility index (Phi) is 10.2. The van der Waals surface area contributed by atoms with E-state index in [-0.39, 0.29) is 0 Å². The Morgan fingerprint density at radius 2 is 1.60 bits per heavy atom. The fourth-order valence-electron chi connectivity index (χ4n) is 6.29. The lowest BCUT2D eigenvalue weighted by molar-refractivity contribution is 0.201. The van der Waals surface area contributed by atoms with E-state index in [0.717, 1.165) is 72.7 Å². The molecule has 0 unspecified atom stereocenters. The third-order valence-electron chi connectivity index (χ3n) is 8.74. The van der Waals surface area contributed by atoms with Crippen molar-refractivity contribution in [3.8, 4) is 45.4 Å². The predicted octanol–water partition coefficient (Wildman–Crippen LogP) is 7.89. The Bertz CT molecular complexity index is 1780. The molecular weight excluding hydrogens is 609 g/mol. The number of hydrogen-bond acceptors (Lipinski definition) is 9. The number of aryl methyl sites for hydroxylation is 1. The topological polar surface area (TPSA) is 69.2 Å². The first kappa shape index (κ1) is 32.3. The standard InChI is InChI=1S/C38H42N4O4S/c1-26-15-37(47-25-26)42(24-28-16-31(22-39-21-28)30-19-35(44-3)38(46-5)36(20-30)45-4)32-10-13-41(14-11-32)23-27-9-12-40-34(17-27)29-7-6-8-33(18-29)43-2/h6-9,12,15-22,25,32H,10-11,13-14,23-24H2,1-5H3. The number of rotatable bonds is 12. The van der Waals surface area contributed by atoms with Gasteiger partial charge >= 0.3 is 0 Å². The van der Waals surface area contributed by atoms with E-state index in [4.69, 9.17) is 18.9 Å². The first-order chi connectivity index (χ1) is 23.0. The number of anilines is 1. The number of likely N-dealkylation sites (tertiary alicyclic amines) is 1. The van der Waals surface area contributed by atoms with Crippen LogP contribution >= 0.6 is 11.3 Å². The second-order valence-corrected chi connectivity index (χ2v) is 12.8. The highest BCUT2D eigenvalue weighted by atomic mass is 32.1. The molecule has 0 radical (unpaired) electrons. The summed E-state index contributed by atoms with van der Waals surface area (Å²) in [6, 6.07) is 21.3. The van der Waals surface area contributed by atoms with Crippen molar-refractivity contribution < 1.29 is 18.9 Å². The number of ether oxygens (including phenoxy) is 4. The molecule has 8 nitrogen and oxygen atoms in total. The molecule has 0 spiro atoms. The minimum absolute atomic E-state index is 0.430. The fourth-order valence-corrected chi connectivity index (χ4v) is 7.27. The molecule has 3 aromatic heterocycles. The molecule has 0 bridgehead atoms. The number of piperidine rings is 1. The number of thiophene rings is 1. The summed E-state index contributed by atoms with van der Waals surface area (Å²) in [5.41, 5.74) is 7.73. The Hall–Kier alpha value is -4.60. The van der Waals surface area contributed by atoms with Crippen LogP contribution in [0.4, 0.5) is 5.00 Å². The van der Waals surface area contributed by atoms with E-state index in [1.165, 1.54) is 16.1 Å². The summed E-state index contributed by atoms with van der Waals surface area (Å²) < 4.78 is 22.2. The molecule has 1 aliphatic heterocycles. The van der Waals surface area contributed by atoms with Crippen LogP contribution in [0.2, 0.25) is 0 Å². The van der Waals surface area contributed by atoms with E-state index in [9.17, 15) is 0 Å². The molecule has 0 saturated carbocycles. The van der Waals surface area contributed by atoms with Crippen LogP contribution in [0.5, 0.6) is 23.0 Å². The predicted molar refractivity (Wildman–Crippen MR) is 189 cm³/mol. The second kappa shape index (κ2) is 14.9. The van der Waals surface area contributed by atoms with Crippen LogP contribution in [-0.4, -0.2) is 62.4 Å². The molecule has 2 aromatic carbocycles. The first-order valence-electron chi connectivity index (χ1n) is 15.9. The minimum Gasteiger partial charge on any atom is -0.497 e. The summed E-state index contributed by atoms with van der Waals surface area (Å²) in [7, 11) is 6.59. The Labute approximate surface area is 281 Å². The smallest absolute Gasteiger partial charge is 0.203 e. The number of benzene rings is 2. The van der Waals surface area contributed by atoms with Crippen LogP contribution in [0.25, 0.3) is 22.4 Å². The molecule has 0 atom stereocenters. The molecule has 244 valence electrons. The highest BCUT2D eigenvalue weighted by Crippen LogP contribution is 2.41. The number of aromatic nitrogens is 2. The molecule has 5 aromatic rings. The van der Waals surface area contributed by atoms with E-state index in [1.807, 2.05) is 60.3 Å². The van der Waals surface area contributed by atoms with Crippen LogP contribution in [0, 0.1) is 6.92 Å². The average molecular weight is 651 g/mol. The van der Waals surface area contributed by atoms with Crippen LogP contribution < -0.4 is 23.8 Å². The van der Waals surface area contributed by atoms with Crippen LogP contribution in [0.15, 0.2) is 84.6 Å². The van der Waals surface area contributed by atoms with Crippen molar-refractivity contribution in [2.75, 3.05) is 46.4 Å². The molecular formula is C38H42N4O4S. The van der Waals surface area contributed by atoms with Crippen molar-refractivity contribution in [2.45, 2.75) is 38.9 Å². The summed E-state index contributed by atoms with van der Waals surface area (Å²) >= 11 is 1.82. The van der Waals surface area contributed by atoms with E-state index < -0.39 is 0 Å². The molecule has 0 N–H and O–H groups in total. The average Bonchev–Trinajstić information content (AvgIpc) is 3.56. The van der Waals surface area contributed by atoms with E-state index >= 15 is 0 Å². The molecule has 47 heavy (non-hydrogen) atoms. The van der Waals surface area contributed by atoms with Crippen molar-refractivity contribution in [3.05, 3.63) is 101 Å². The van der Waals surface area contributed by atoms with Gasteiger partial charge in [0.15, 0.2) is 11.5 Å². The maximum atomic E-state index is 5.61. The van der Waals surface area contributed by atoms with Gasteiger partial charge in [-0.1, -0.05) is 12.1 Å². The van der Waals surface area contributed by atoms with Gasteiger partial charge in [-0.25, -0.2) is 0 Å². The molecule has 0 aliphatic carbocycles. The molecule has 1 saturated heterocycles. The maximum absolute atomic E-state index is 5.61. The van der Waals surface area contributed by atoms with Gasteiger partial charge < -0.3 is 23.8 Å². The highest BCUT2D eigenvalue weighted by molar-refractivity contribution is 7.14. The van der Waals surface area contributed by atoms with Gasteiger partial charge in [-0.3, -0.25) is 14.9 Å². The van der Waals surface area contributed by atoms with Crippen LogP contribution in [0.1, 0.15) is 29.5 Å².